The van der Waals surface area contributed by atoms with Crippen LogP contribution in [0.25, 0.3) is 0 Å². The molecule has 0 spiro atoms. The summed E-state index contributed by atoms with van der Waals surface area (Å²) in [5, 5.41) is 11.5. The Morgan fingerprint density at radius 2 is 2.26 bits per heavy atom. The molecule has 1 N–H and O–H groups in total. The summed E-state index contributed by atoms with van der Waals surface area (Å²) in [7, 11) is 1.59. The smallest absolute Gasteiger partial charge is 0.323 e. The molecule has 0 fully saturated rings. The molecule has 0 aliphatic heterocycles. The van der Waals surface area contributed by atoms with Gasteiger partial charge in [-0.25, -0.2) is 9.78 Å². The Morgan fingerprint density at radius 1 is 1.58 bits per heavy atom. The number of aliphatic carboxylic acids is 1. The van der Waals surface area contributed by atoms with E-state index in [1.807, 2.05) is 12.3 Å². The molecule has 7 heteroatoms. The van der Waals surface area contributed by atoms with Crippen LogP contribution in [0.2, 0.25) is 0 Å². The molecule has 0 radical (unpaired) electrons. The van der Waals surface area contributed by atoms with Gasteiger partial charge in [-0.15, -0.1) is 17.8 Å². The molecule has 1 rings (SSSR count). The Morgan fingerprint density at radius 3 is 2.74 bits per heavy atom. The Labute approximate surface area is 115 Å². The largest absolute Gasteiger partial charge is 0.480 e. The summed E-state index contributed by atoms with van der Waals surface area (Å²) in [5.74, 6) is 1.18. The molecule has 0 unspecified atom stereocenters. The van der Waals surface area contributed by atoms with Crippen LogP contribution in [-0.2, 0) is 11.3 Å². The second-order valence-electron chi connectivity index (χ2n) is 3.95. The second-order valence-corrected chi connectivity index (χ2v) is 5.01. The van der Waals surface area contributed by atoms with Gasteiger partial charge in [-0.05, 0) is 6.92 Å². The highest BCUT2D eigenvalue weighted by atomic mass is 32.1. The monoisotopic (exact) mass is 281 g/mol. The van der Waals surface area contributed by atoms with Crippen LogP contribution >= 0.6 is 11.3 Å². The quantitative estimate of drug-likeness (QED) is 0.818. The van der Waals surface area contributed by atoms with Crippen molar-refractivity contribution in [2.24, 2.45) is 0 Å². The van der Waals surface area contributed by atoms with Gasteiger partial charge in [-0.1, -0.05) is 5.92 Å². The maximum Gasteiger partial charge on any atom is 0.323 e. The van der Waals surface area contributed by atoms with Crippen molar-refractivity contribution in [3.8, 4) is 12.3 Å². The van der Waals surface area contributed by atoms with Gasteiger partial charge in [0.1, 0.15) is 6.54 Å². The van der Waals surface area contributed by atoms with Crippen molar-refractivity contribution in [2.45, 2.75) is 13.5 Å². The minimum absolute atomic E-state index is 0.0361. The van der Waals surface area contributed by atoms with Crippen LogP contribution in [-0.4, -0.2) is 52.0 Å². The fraction of sp³-hybridized carbons (Fsp3) is 0.417. The highest BCUT2D eigenvalue weighted by Crippen LogP contribution is 2.10. The van der Waals surface area contributed by atoms with Crippen molar-refractivity contribution in [3.63, 3.8) is 0 Å². The maximum atomic E-state index is 12.0. The molecule has 0 aromatic carbocycles. The SMILES string of the molecule is C#CCN(CC(=O)O)C(=O)N(C)Cc1csc(C)n1. The molecule has 1 aromatic heterocycles. The molecule has 0 saturated heterocycles. The third kappa shape index (κ3) is 4.60. The van der Waals surface area contributed by atoms with Crippen molar-refractivity contribution in [1.82, 2.24) is 14.8 Å². The summed E-state index contributed by atoms with van der Waals surface area (Å²) < 4.78 is 0. The lowest BCUT2D eigenvalue weighted by Gasteiger charge is -2.24. The molecular weight excluding hydrogens is 266 g/mol. The highest BCUT2D eigenvalue weighted by Gasteiger charge is 2.20. The number of amides is 2. The number of aryl methyl sites for hydroxylation is 1. The number of hydrogen-bond donors (Lipinski definition) is 1. The topological polar surface area (TPSA) is 73.7 Å². The van der Waals surface area contributed by atoms with E-state index in [-0.39, 0.29) is 6.54 Å². The van der Waals surface area contributed by atoms with Crippen LogP contribution in [0.5, 0.6) is 0 Å². The minimum Gasteiger partial charge on any atom is -0.480 e. The van der Waals surface area contributed by atoms with Crippen molar-refractivity contribution < 1.29 is 14.7 Å². The van der Waals surface area contributed by atoms with Crippen LogP contribution in [0.3, 0.4) is 0 Å². The van der Waals surface area contributed by atoms with Crippen LogP contribution in [0.15, 0.2) is 5.38 Å². The van der Waals surface area contributed by atoms with Gasteiger partial charge in [-0.3, -0.25) is 4.79 Å². The predicted octanol–water partition coefficient (Wildman–Crippen LogP) is 1.02. The van der Waals surface area contributed by atoms with E-state index in [0.29, 0.717) is 6.54 Å². The van der Waals surface area contributed by atoms with E-state index in [9.17, 15) is 9.59 Å². The van der Waals surface area contributed by atoms with Crippen LogP contribution in [0, 0.1) is 19.3 Å². The van der Waals surface area contributed by atoms with E-state index in [1.165, 1.54) is 16.2 Å². The third-order valence-electron chi connectivity index (χ3n) is 2.27. The zero-order chi connectivity index (χ0) is 14.4. The molecule has 1 aromatic rings. The Balaban J connectivity index is 2.67. The summed E-state index contributed by atoms with van der Waals surface area (Å²) >= 11 is 1.50. The van der Waals surface area contributed by atoms with E-state index in [1.54, 1.807) is 7.05 Å². The Kier molecular flexibility index (Phi) is 5.33. The molecule has 2 amide bonds. The highest BCUT2D eigenvalue weighted by molar-refractivity contribution is 7.09. The number of carbonyl (C=O) groups excluding carboxylic acids is 1. The molecule has 19 heavy (non-hydrogen) atoms. The van der Waals surface area contributed by atoms with Gasteiger partial charge in [0.05, 0.1) is 23.8 Å². The third-order valence-corrected chi connectivity index (χ3v) is 3.09. The van der Waals surface area contributed by atoms with Crippen molar-refractivity contribution in [3.05, 3.63) is 16.1 Å². The van der Waals surface area contributed by atoms with Crippen molar-refractivity contribution >= 4 is 23.3 Å². The summed E-state index contributed by atoms with van der Waals surface area (Å²) in [4.78, 5) is 29.5. The van der Waals surface area contributed by atoms with Gasteiger partial charge in [0.15, 0.2) is 0 Å². The summed E-state index contributed by atoms with van der Waals surface area (Å²) in [6, 6.07) is -0.425. The lowest BCUT2D eigenvalue weighted by molar-refractivity contribution is -0.137. The van der Waals surface area contributed by atoms with E-state index in [2.05, 4.69) is 10.9 Å². The number of terminal acetylenes is 1. The normalized spacial score (nSPS) is 9.74. The molecule has 102 valence electrons. The first-order valence-corrected chi connectivity index (χ1v) is 6.38. The molecule has 1 heterocycles. The van der Waals surface area contributed by atoms with Gasteiger partial charge in [0.25, 0.3) is 0 Å². The predicted molar refractivity (Wildman–Crippen MR) is 71.8 cm³/mol. The number of hydrogen-bond acceptors (Lipinski definition) is 4. The summed E-state index contributed by atoms with van der Waals surface area (Å²) in [6.45, 7) is 1.75. The van der Waals surface area contributed by atoms with E-state index in [0.717, 1.165) is 15.6 Å². The number of thiazole rings is 1. The molecule has 0 atom stereocenters. The number of carboxylic acids is 1. The molecule has 0 saturated carbocycles. The van der Waals surface area contributed by atoms with Gasteiger partial charge >= 0.3 is 12.0 Å². The van der Waals surface area contributed by atoms with Gasteiger partial charge in [0.2, 0.25) is 0 Å². The molecule has 0 aliphatic carbocycles. The summed E-state index contributed by atoms with van der Waals surface area (Å²) in [5.41, 5.74) is 0.773. The fourth-order valence-electron chi connectivity index (χ4n) is 1.50. The lowest BCUT2D eigenvalue weighted by atomic mass is 10.4. The van der Waals surface area contributed by atoms with Crippen LogP contribution < -0.4 is 0 Å². The number of urea groups is 1. The standard InChI is InChI=1S/C12H15N3O3S/c1-4-5-15(7-11(16)17)12(18)14(3)6-10-8-19-9(2)13-10/h1,8H,5-7H2,2-3H3,(H,16,17). The zero-order valence-corrected chi connectivity index (χ0v) is 11.6. The first-order chi connectivity index (χ1) is 8.93. The second kappa shape index (κ2) is 6.75. The van der Waals surface area contributed by atoms with Gasteiger partial charge in [0, 0.05) is 12.4 Å². The number of carboxylic acid groups (broad SMARTS) is 1. The minimum atomic E-state index is -1.10. The zero-order valence-electron chi connectivity index (χ0n) is 10.8. The lowest BCUT2D eigenvalue weighted by Crippen LogP contribution is -2.43. The average molecular weight is 281 g/mol. The summed E-state index contributed by atoms with van der Waals surface area (Å²) in [6.07, 6.45) is 5.13. The van der Waals surface area contributed by atoms with Crippen LogP contribution in [0.4, 0.5) is 4.79 Å². The molecule has 0 aliphatic rings. The van der Waals surface area contributed by atoms with E-state index in [4.69, 9.17) is 11.5 Å². The Bertz CT molecular complexity index is 507. The van der Waals surface area contributed by atoms with Crippen LogP contribution in [0.1, 0.15) is 10.7 Å². The molecule has 6 nitrogen and oxygen atoms in total. The Hall–Kier alpha value is -2.07. The van der Waals surface area contributed by atoms with Crippen molar-refractivity contribution in [1.29, 1.82) is 0 Å². The van der Waals surface area contributed by atoms with Crippen molar-refractivity contribution in [2.75, 3.05) is 20.1 Å². The van der Waals surface area contributed by atoms with Gasteiger partial charge in [-0.2, -0.15) is 0 Å². The number of aromatic nitrogens is 1. The number of rotatable bonds is 5. The first-order valence-electron chi connectivity index (χ1n) is 5.50. The average Bonchev–Trinajstić information content (AvgIpc) is 2.72. The van der Waals surface area contributed by atoms with E-state index < -0.39 is 18.5 Å². The maximum absolute atomic E-state index is 12.0. The number of carbonyl (C=O) groups is 2. The molecule has 0 bridgehead atoms. The first kappa shape index (κ1) is 15.0. The van der Waals surface area contributed by atoms with E-state index >= 15 is 0 Å². The van der Waals surface area contributed by atoms with Gasteiger partial charge < -0.3 is 14.9 Å². The molecular formula is C12H15N3O3S. The fourth-order valence-corrected chi connectivity index (χ4v) is 2.10. The number of nitrogens with zero attached hydrogens (tertiary/aromatic N) is 3.